The largest absolute Gasteiger partial charge is 0.492 e. The van der Waals surface area contributed by atoms with Gasteiger partial charge in [0.05, 0.1) is 48.5 Å². The summed E-state index contributed by atoms with van der Waals surface area (Å²) < 4.78 is 34.6. The lowest BCUT2D eigenvalue weighted by atomic mass is 10.1. The number of pyridine rings is 1. The van der Waals surface area contributed by atoms with Crippen LogP contribution in [-0.2, 0) is 9.47 Å². The molecular formula is C25H28ClN5O6. The fraction of sp³-hybridized carbons (Fsp3) is 0.480. The van der Waals surface area contributed by atoms with Gasteiger partial charge in [-0.05, 0) is 0 Å². The van der Waals surface area contributed by atoms with Gasteiger partial charge in [-0.1, -0.05) is 11.6 Å². The van der Waals surface area contributed by atoms with E-state index in [0.29, 0.717) is 65.0 Å². The smallest absolute Gasteiger partial charge is 0.262 e. The van der Waals surface area contributed by atoms with Crippen molar-refractivity contribution in [2.24, 2.45) is 0 Å². The van der Waals surface area contributed by atoms with Gasteiger partial charge in [0.15, 0.2) is 0 Å². The molecule has 3 aromatic rings. The molecule has 5 heterocycles. The van der Waals surface area contributed by atoms with Crippen LogP contribution >= 0.6 is 11.6 Å². The number of halogens is 1. The lowest BCUT2D eigenvalue weighted by Gasteiger charge is -2.26. The van der Waals surface area contributed by atoms with Crippen LogP contribution in [0, 0.1) is 0 Å². The molecule has 37 heavy (non-hydrogen) atoms. The minimum atomic E-state index is 0.0131. The molecule has 0 bridgehead atoms. The first-order chi connectivity index (χ1) is 18.2. The summed E-state index contributed by atoms with van der Waals surface area (Å²) in [5, 5.41) is 4.40. The maximum Gasteiger partial charge on any atom is 0.262 e. The van der Waals surface area contributed by atoms with E-state index in [9.17, 15) is 0 Å². The van der Waals surface area contributed by atoms with Gasteiger partial charge >= 0.3 is 0 Å². The van der Waals surface area contributed by atoms with Crippen molar-refractivity contribution in [3.8, 4) is 23.1 Å². The second-order valence-electron chi connectivity index (χ2n) is 8.92. The molecule has 196 valence electrons. The van der Waals surface area contributed by atoms with Crippen LogP contribution in [0.3, 0.4) is 0 Å². The maximum atomic E-state index is 6.50. The summed E-state index contributed by atoms with van der Waals surface area (Å²) in [5.41, 5.74) is 1.20. The quantitative estimate of drug-likeness (QED) is 0.463. The van der Waals surface area contributed by atoms with E-state index < -0.39 is 0 Å². The molecule has 0 aliphatic carbocycles. The zero-order valence-corrected chi connectivity index (χ0v) is 21.0. The molecule has 0 radical (unpaired) electrons. The second-order valence-corrected chi connectivity index (χ2v) is 9.32. The maximum absolute atomic E-state index is 6.50. The first kappa shape index (κ1) is 24.2. The van der Waals surface area contributed by atoms with Crippen molar-refractivity contribution in [3.05, 3.63) is 29.7 Å². The highest BCUT2D eigenvalue weighted by Gasteiger charge is 2.25. The van der Waals surface area contributed by atoms with Gasteiger partial charge in [-0.25, -0.2) is 15.0 Å². The van der Waals surface area contributed by atoms with Crippen molar-refractivity contribution in [1.29, 1.82) is 0 Å². The number of hydrogen-bond acceptors (Lipinski definition) is 11. The molecule has 0 unspecified atom stereocenters. The Morgan fingerprint density at radius 1 is 1.03 bits per heavy atom. The topological polar surface area (TPSA) is 109 Å². The van der Waals surface area contributed by atoms with Crippen molar-refractivity contribution in [3.63, 3.8) is 0 Å². The molecule has 12 heteroatoms. The average molecular weight is 530 g/mol. The highest BCUT2D eigenvalue weighted by Crippen LogP contribution is 2.44. The zero-order valence-electron chi connectivity index (χ0n) is 20.3. The highest BCUT2D eigenvalue weighted by atomic mass is 35.5. The Morgan fingerprint density at radius 2 is 1.86 bits per heavy atom. The van der Waals surface area contributed by atoms with E-state index in [1.165, 1.54) is 12.5 Å². The molecule has 1 N–H and O–H groups in total. The van der Waals surface area contributed by atoms with E-state index in [1.54, 1.807) is 0 Å². The van der Waals surface area contributed by atoms with Crippen LogP contribution in [0.1, 0.15) is 12.8 Å². The van der Waals surface area contributed by atoms with Crippen LogP contribution in [0.4, 0.5) is 11.5 Å². The number of fused-ring (bicyclic) bond motifs is 2. The molecule has 2 fully saturated rings. The van der Waals surface area contributed by atoms with Crippen molar-refractivity contribution >= 4 is 34.0 Å². The third kappa shape index (κ3) is 5.45. The van der Waals surface area contributed by atoms with Crippen LogP contribution in [0.5, 0.6) is 23.1 Å². The molecule has 0 atom stereocenters. The van der Waals surface area contributed by atoms with E-state index in [4.69, 9.17) is 40.0 Å². The number of morpholine rings is 1. The van der Waals surface area contributed by atoms with Gasteiger partial charge in [0.1, 0.15) is 42.0 Å². The van der Waals surface area contributed by atoms with Gasteiger partial charge in [-0.15, -0.1) is 0 Å². The van der Waals surface area contributed by atoms with Crippen LogP contribution in [-0.4, -0.2) is 85.4 Å². The predicted molar refractivity (Wildman–Crippen MR) is 135 cm³/mol. The van der Waals surface area contributed by atoms with E-state index in [-0.39, 0.29) is 12.9 Å². The Bertz CT molecular complexity index is 1250. The fourth-order valence-electron chi connectivity index (χ4n) is 4.56. The molecular weight excluding hydrogens is 502 g/mol. The third-order valence-corrected chi connectivity index (χ3v) is 6.80. The summed E-state index contributed by atoms with van der Waals surface area (Å²) in [6.07, 6.45) is 4.62. The molecule has 2 aromatic heterocycles. The molecule has 0 amide bonds. The molecule has 6 rings (SSSR count). The third-order valence-electron chi connectivity index (χ3n) is 6.51. The van der Waals surface area contributed by atoms with Crippen molar-refractivity contribution < 1.29 is 28.4 Å². The monoisotopic (exact) mass is 529 g/mol. The lowest BCUT2D eigenvalue weighted by Crippen LogP contribution is -2.38. The second kappa shape index (κ2) is 11.1. The first-order valence-corrected chi connectivity index (χ1v) is 12.8. The summed E-state index contributed by atoms with van der Waals surface area (Å²) >= 11 is 6.47. The van der Waals surface area contributed by atoms with Gasteiger partial charge < -0.3 is 33.7 Å². The van der Waals surface area contributed by atoms with Crippen molar-refractivity contribution in [2.45, 2.75) is 18.9 Å². The molecule has 2 saturated heterocycles. The Morgan fingerprint density at radius 3 is 2.73 bits per heavy atom. The first-order valence-electron chi connectivity index (χ1n) is 12.4. The van der Waals surface area contributed by atoms with E-state index in [1.807, 2.05) is 12.1 Å². The van der Waals surface area contributed by atoms with Gasteiger partial charge in [-0.2, -0.15) is 0 Å². The van der Waals surface area contributed by atoms with Gasteiger partial charge in [0.2, 0.25) is 12.5 Å². The summed E-state index contributed by atoms with van der Waals surface area (Å²) in [5.74, 6) is 2.66. The fourth-order valence-corrected chi connectivity index (χ4v) is 4.74. The lowest BCUT2D eigenvalue weighted by molar-refractivity contribution is 0.0260. The van der Waals surface area contributed by atoms with Crippen LogP contribution in [0.15, 0.2) is 24.7 Å². The Hall–Kier alpha value is -3.12. The van der Waals surface area contributed by atoms with Crippen molar-refractivity contribution in [1.82, 2.24) is 19.9 Å². The zero-order chi connectivity index (χ0) is 25.0. The number of nitrogens with one attached hydrogen (secondary N) is 1. The Balaban J connectivity index is 1.32. The number of anilines is 2. The SMILES string of the molecule is Clc1cnc2c(c1Nc1ncnc3cc(OCCN4CCOCC4)cc(OC4CCOCC4)c13)OCO2. The minimum Gasteiger partial charge on any atom is -0.492 e. The molecule has 3 aliphatic heterocycles. The van der Waals surface area contributed by atoms with E-state index in [0.717, 1.165) is 51.1 Å². The molecule has 11 nitrogen and oxygen atoms in total. The van der Waals surface area contributed by atoms with Crippen LogP contribution in [0.2, 0.25) is 5.02 Å². The molecule has 0 spiro atoms. The predicted octanol–water partition coefficient (Wildman–Crippen LogP) is 3.42. The standard InChI is InChI=1S/C25H28ClN5O6/c26-18-13-27-25-23(35-15-36-25)22(18)30-24-21-19(28-14-29-24)11-17(34-10-5-31-3-8-33-9-4-31)12-20(21)37-16-1-6-32-7-2-16/h11-14,16H,1-10,15H2,(H,27,28,29,30). The number of rotatable bonds is 8. The molecule has 3 aliphatic rings. The van der Waals surface area contributed by atoms with Gasteiger partial charge in [0, 0.05) is 44.6 Å². The van der Waals surface area contributed by atoms with Crippen molar-refractivity contribution in [2.75, 3.05) is 64.8 Å². The number of nitrogens with zero attached hydrogens (tertiary/aromatic N) is 4. The number of hydrogen-bond donors (Lipinski definition) is 1. The van der Waals surface area contributed by atoms with Crippen LogP contribution in [0.25, 0.3) is 10.9 Å². The molecule has 0 saturated carbocycles. The Labute approximate surface area is 218 Å². The van der Waals surface area contributed by atoms with E-state index in [2.05, 4.69) is 25.2 Å². The van der Waals surface area contributed by atoms with Gasteiger partial charge in [0.25, 0.3) is 5.88 Å². The number of aromatic nitrogens is 3. The van der Waals surface area contributed by atoms with Gasteiger partial charge in [-0.3, -0.25) is 4.90 Å². The number of ether oxygens (including phenoxy) is 6. The average Bonchev–Trinajstić information content (AvgIpc) is 3.41. The Kier molecular flexibility index (Phi) is 7.27. The minimum absolute atomic E-state index is 0.0131. The van der Waals surface area contributed by atoms with E-state index >= 15 is 0 Å². The summed E-state index contributed by atoms with van der Waals surface area (Å²) in [6.45, 7) is 6.11. The summed E-state index contributed by atoms with van der Waals surface area (Å²) in [7, 11) is 0. The highest BCUT2D eigenvalue weighted by molar-refractivity contribution is 6.33. The summed E-state index contributed by atoms with van der Waals surface area (Å²) in [4.78, 5) is 15.5. The normalized spacial score (nSPS) is 18.2. The van der Waals surface area contributed by atoms with Crippen LogP contribution < -0.4 is 24.3 Å². The number of benzene rings is 1. The molecule has 1 aromatic carbocycles. The summed E-state index contributed by atoms with van der Waals surface area (Å²) in [6, 6.07) is 3.81.